The molecule has 2 atom stereocenters. The standard InChI is InChI=1S/C11H14N2O/c1-13-9-5-3-2-4-8(9)11(14)6-7-12-10(11)13/h2-5,10,12,14H,6-7H2,1H3. The van der Waals surface area contributed by atoms with Crippen molar-refractivity contribution in [2.45, 2.75) is 18.2 Å². The van der Waals surface area contributed by atoms with Crippen molar-refractivity contribution >= 4 is 5.69 Å². The van der Waals surface area contributed by atoms with Crippen LogP contribution in [-0.2, 0) is 5.60 Å². The molecule has 1 aromatic carbocycles. The van der Waals surface area contributed by atoms with Crippen LogP contribution in [0.4, 0.5) is 5.69 Å². The molecular weight excluding hydrogens is 176 g/mol. The summed E-state index contributed by atoms with van der Waals surface area (Å²) in [5.74, 6) is 0. The summed E-state index contributed by atoms with van der Waals surface area (Å²) >= 11 is 0. The minimum Gasteiger partial charge on any atom is -0.381 e. The van der Waals surface area contributed by atoms with Crippen LogP contribution >= 0.6 is 0 Å². The van der Waals surface area contributed by atoms with Gasteiger partial charge in [0.1, 0.15) is 11.8 Å². The highest BCUT2D eigenvalue weighted by Crippen LogP contribution is 2.45. The fraction of sp³-hybridized carbons (Fsp3) is 0.455. The van der Waals surface area contributed by atoms with Crippen molar-refractivity contribution in [1.29, 1.82) is 0 Å². The zero-order chi connectivity index (χ0) is 9.76. The van der Waals surface area contributed by atoms with Crippen LogP contribution < -0.4 is 10.2 Å². The lowest BCUT2D eigenvalue weighted by molar-refractivity contribution is 0.0352. The van der Waals surface area contributed by atoms with Gasteiger partial charge in [0.2, 0.25) is 0 Å². The van der Waals surface area contributed by atoms with E-state index in [9.17, 15) is 5.11 Å². The maximum absolute atomic E-state index is 10.5. The van der Waals surface area contributed by atoms with Gasteiger partial charge in [0.15, 0.2) is 0 Å². The third-order valence-corrected chi connectivity index (χ3v) is 3.43. The van der Waals surface area contributed by atoms with E-state index in [-0.39, 0.29) is 6.17 Å². The van der Waals surface area contributed by atoms with Gasteiger partial charge in [0, 0.05) is 24.8 Å². The summed E-state index contributed by atoms with van der Waals surface area (Å²) < 4.78 is 0. The Morgan fingerprint density at radius 1 is 1.50 bits per heavy atom. The summed E-state index contributed by atoms with van der Waals surface area (Å²) in [6.45, 7) is 0.889. The molecule has 0 spiro atoms. The second-order valence-corrected chi connectivity index (χ2v) is 4.16. The minimum atomic E-state index is -0.675. The molecule has 14 heavy (non-hydrogen) atoms. The molecule has 0 amide bonds. The van der Waals surface area contributed by atoms with Crippen LogP contribution in [0.15, 0.2) is 24.3 Å². The number of anilines is 1. The maximum Gasteiger partial charge on any atom is 0.126 e. The molecule has 0 saturated carbocycles. The number of nitrogens with one attached hydrogen (secondary N) is 1. The third-order valence-electron chi connectivity index (χ3n) is 3.43. The molecule has 3 heteroatoms. The highest BCUT2D eigenvalue weighted by molar-refractivity contribution is 5.63. The lowest BCUT2D eigenvalue weighted by Crippen LogP contribution is -2.45. The Morgan fingerprint density at radius 3 is 3.14 bits per heavy atom. The fourth-order valence-corrected chi connectivity index (χ4v) is 2.73. The van der Waals surface area contributed by atoms with Gasteiger partial charge >= 0.3 is 0 Å². The monoisotopic (exact) mass is 190 g/mol. The largest absolute Gasteiger partial charge is 0.381 e. The van der Waals surface area contributed by atoms with E-state index >= 15 is 0 Å². The Balaban J connectivity index is 2.21. The first-order chi connectivity index (χ1) is 6.73. The van der Waals surface area contributed by atoms with Crippen LogP contribution in [0.2, 0.25) is 0 Å². The number of hydrogen-bond acceptors (Lipinski definition) is 3. The number of nitrogens with zero attached hydrogens (tertiary/aromatic N) is 1. The number of likely N-dealkylation sites (N-methyl/N-ethyl adjacent to an activating group) is 1. The topological polar surface area (TPSA) is 35.5 Å². The van der Waals surface area contributed by atoms with E-state index in [1.165, 1.54) is 0 Å². The van der Waals surface area contributed by atoms with Gasteiger partial charge in [0.05, 0.1) is 0 Å². The van der Waals surface area contributed by atoms with E-state index < -0.39 is 5.60 Å². The third kappa shape index (κ3) is 0.792. The first-order valence-electron chi connectivity index (χ1n) is 5.01. The molecule has 1 aromatic rings. The van der Waals surface area contributed by atoms with Gasteiger partial charge in [-0.05, 0) is 12.5 Å². The number of rotatable bonds is 0. The van der Waals surface area contributed by atoms with E-state index in [1.807, 2.05) is 25.2 Å². The highest BCUT2D eigenvalue weighted by atomic mass is 16.3. The van der Waals surface area contributed by atoms with Gasteiger partial charge in [-0.1, -0.05) is 18.2 Å². The number of benzene rings is 1. The SMILES string of the molecule is CN1c2ccccc2C2(O)CCNC12. The number of para-hydroxylation sites is 1. The van der Waals surface area contributed by atoms with Gasteiger partial charge in [0.25, 0.3) is 0 Å². The summed E-state index contributed by atoms with van der Waals surface area (Å²) in [6, 6.07) is 8.09. The van der Waals surface area contributed by atoms with E-state index in [0.717, 1.165) is 24.2 Å². The molecule has 2 unspecified atom stereocenters. The molecule has 1 saturated heterocycles. The van der Waals surface area contributed by atoms with Crippen molar-refractivity contribution in [3.63, 3.8) is 0 Å². The zero-order valence-corrected chi connectivity index (χ0v) is 8.20. The van der Waals surface area contributed by atoms with Crippen molar-refractivity contribution < 1.29 is 5.11 Å². The predicted octanol–water partition coefficient (Wildman–Crippen LogP) is 0.643. The van der Waals surface area contributed by atoms with Gasteiger partial charge in [-0.25, -0.2) is 0 Å². The maximum atomic E-state index is 10.5. The Hall–Kier alpha value is -1.06. The van der Waals surface area contributed by atoms with E-state index in [0.29, 0.717) is 0 Å². The van der Waals surface area contributed by atoms with Crippen LogP contribution in [0.25, 0.3) is 0 Å². The van der Waals surface area contributed by atoms with Crippen LogP contribution in [0.3, 0.4) is 0 Å². The Kier molecular flexibility index (Phi) is 1.47. The first-order valence-corrected chi connectivity index (χ1v) is 5.01. The molecule has 2 N–H and O–H groups in total. The van der Waals surface area contributed by atoms with Crippen LogP contribution in [-0.4, -0.2) is 24.9 Å². The molecule has 3 nitrogen and oxygen atoms in total. The van der Waals surface area contributed by atoms with Crippen LogP contribution in [0.5, 0.6) is 0 Å². The highest BCUT2D eigenvalue weighted by Gasteiger charge is 2.51. The zero-order valence-electron chi connectivity index (χ0n) is 8.20. The van der Waals surface area contributed by atoms with E-state index in [2.05, 4.69) is 16.3 Å². The number of aliphatic hydroxyl groups is 1. The van der Waals surface area contributed by atoms with Crippen molar-refractivity contribution in [3.8, 4) is 0 Å². The van der Waals surface area contributed by atoms with Gasteiger partial charge < -0.3 is 10.0 Å². The normalized spacial score (nSPS) is 34.4. The summed E-state index contributed by atoms with van der Waals surface area (Å²) in [7, 11) is 2.03. The summed E-state index contributed by atoms with van der Waals surface area (Å²) in [4.78, 5) is 2.13. The molecule has 0 radical (unpaired) electrons. The second kappa shape index (κ2) is 2.49. The summed E-state index contributed by atoms with van der Waals surface area (Å²) in [5, 5.41) is 13.9. The quantitative estimate of drug-likeness (QED) is 0.630. The molecular formula is C11H14N2O. The fourth-order valence-electron chi connectivity index (χ4n) is 2.73. The predicted molar refractivity (Wildman–Crippen MR) is 55.1 cm³/mol. The molecule has 0 aromatic heterocycles. The molecule has 0 bridgehead atoms. The molecule has 2 aliphatic heterocycles. The average Bonchev–Trinajstić information content (AvgIpc) is 2.67. The lowest BCUT2D eigenvalue weighted by Gasteiger charge is -2.26. The molecule has 1 fully saturated rings. The summed E-state index contributed by atoms with van der Waals surface area (Å²) in [5.41, 5.74) is 1.54. The number of fused-ring (bicyclic) bond motifs is 3. The molecule has 2 aliphatic rings. The Morgan fingerprint density at radius 2 is 2.29 bits per heavy atom. The van der Waals surface area contributed by atoms with Gasteiger partial charge in [-0.3, -0.25) is 5.32 Å². The van der Waals surface area contributed by atoms with Gasteiger partial charge in [-0.15, -0.1) is 0 Å². The second-order valence-electron chi connectivity index (χ2n) is 4.16. The smallest absolute Gasteiger partial charge is 0.126 e. The lowest BCUT2D eigenvalue weighted by atomic mass is 9.93. The Bertz CT molecular complexity index is 379. The molecule has 0 aliphatic carbocycles. The average molecular weight is 190 g/mol. The van der Waals surface area contributed by atoms with Crippen molar-refractivity contribution in [3.05, 3.63) is 29.8 Å². The Labute approximate surface area is 83.3 Å². The minimum absolute atomic E-state index is 0.0555. The molecule has 3 rings (SSSR count). The van der Waals surface area contributed by atoms with Crippen LogP contribution in [0, 0.1) is 0 Å². The van der Waals surface area contributed by atoms with Crippen LogP contribution in [0.1, 0.15) is 12.0 Å². The van der Waals surface area contributed by atoms with Gasteiger partial charge in [-0.2, -0.15) is 0 Å². The molecule has 74 valence electrons. The van der Waals surface area contributed by atoms with E-state index in [1.54, 1.807) is 0 Å². The van der Waals surface area contributed by atoms with Crippen molar-refractivity contribution in [2.75, 3.05) is 18.5 Å². The first kappa shape index (κ1) is 8.26. The van der Waals surface area contributed by atoms with Crippen molar-refractivity contribution in [2.24, 2.45) is 0 Å². The number of hydrogen-bond donors (Lipinski definition) is 2. The van der Waals surface area contributed by atoms with Crippen molar-refractivity contribution in [1.82, 2.24) is 5.32 Å². The summed E-state index contributed by atoms with van der Waals surface area (Å²) in [6.07, 6.45) is 0.860. The molecule has 2 heterocycles. The van der Waals surface area contributed by atoms with E-state index in [4.69, 9.17) is 0 Å².